The van der Waals surface area contributed by atoms with Crippen LogP contribution in [0.25, 0.3) is 11.1 Å². The van der Waals surface area contributed by atoms with Crippen molar-refractivity contribution < 1.29 is 75.5 Å². The van der Waals surface area contributed by atoms with Gasteiger partial charge in [0, 0.05) is 91.8 Å². The van der Waals surface area contributed by atoms with E-state index < -0.39 is 141 Å². The zero-order chi connectivity index (χ0) is 61.7. The first-order chi connectivity index (χ1) is 41.1. The Morgan fingerprint density at radius 1 is 0.337 bits per heavy atom. The van der Waals surface area contributed by atoms with Gasteiger partial charge in [-0.2, -0.15) is 0 Å². The van der Waals surface area contributed by atoms with E-state index in [9.17, 15) is 47.9 Å². The summed E-state index contributed by atoms with van der Waals surface area (Å²) in [6.07, 6.45) is 12.2. The molecule has 10 rings (SSSR count). The molecule has 0 aromatic heterocycles. The van der Waals surface area contributed by atoms with Gasteiger partial charge in [0.2, 0.25) is 47.3 Å². The zero-order valence-electron chi connectivity index (χ0n) is 49.7. The first-order valence-corrected chi connectivity index (χ1v) is 34.1. The summed E-state index contributed by atoms with van der Waals surface area (Å²) in [4.78, 5) is 141. The van der Waals surface area contributed by atoms with Crippen LogP contribution in [-0.4, -0.2) is 145 Å². The summed E-state index contributed by atoms with van der Waals surface area (Å²) in [7, 11) is -9.93. The van der Waals surface area contributed by atoms with Crippen LogP contribution in [0.2, 0.25) is 0 Å². The average Bonchev–Trinajstić information content (AvgIpc) is 1.46. The largest absolute Gasteiger partial charge is 0.435 e. The monoisotopic (exact) mass is 1260 g/mol. The Kier molecular flexibility index (Phi) is 18.7. The molecule has 28 heteroatoms. The fourth-order valence-corrected chi connectivity index (χ4v) is 22.9. The van der Waals surface area contributed by atoms with E-state index in [1.54, 1.807) is 37.4 Å². The minimum absolute atomic E-state index is 0.130. The van der Waals surface area contributed by atoms with Crippen molar-refractivity contribution >= 4 is 93.0 Å². The molecule has 24 nitrogen and oxygen atoms in total. The number of hydrogen-bond acceptors (Lipinski definition) is 16. The number of carbonyl (C=O) groups is 10. The van der Waals surface area contributed by atoms with Crippen LogP contribution in [0.5, 0.6) is 34.5 Å². The third-order valence-corrected chi connectivity index (χ3v) is 26.2. The van der Waals surface area contributed by atoms with E-state index in [4.69, 9.17) is 27.6 Å². The predicted molar refractivity (Wildman–Crippen MR) is 318 cm³/mol. The van der Waals surface area contributed by atoms with Gasteiger partial charge in [0.1, 0.15) is 34.5 Å². The molecule has 8 fully saturated rings. The molecule has 0 radical (unpaired) electrons. The number of hydrogen-bond donors (Lipinski definition) is 0. The summed E-state index contributed by atoms with van der Waals surface area (Å²) in [5.74, 6) is -6.50. The van der Waals surface area contributed by atoms with E-state index in [-0.39, 0.29) is 45.6 Å². The normalized spacial score (nSPS) is 28.3. The van der Waals surface area contributed by atoms with E-state index in [2.05, 4.69) is 13.2 Å². The van der Waals surface area contributed by atoms with Gasteiger partial charge in [0.05, 0.1) is 59.5 Å². The van der Waals surface area contributed by atoms with Gasteiger partial charge in [-0.05, 0) is 51.4 Å². The highest BCUT2D eigenvalue weighted by molar-refractivity contribution is 7.51. The molecular weight excluding hydrogens is 1190 g/mol. The fraction of sp³-hybridized carbons (Fsp3) is 0.552. The number of amides is 8. The predicted octanol–water partition coefficient (Wildman–Crippen LogP) is 10.0. The molecule has 4 saturated carbocycles. The number of carbonyl (C=O) groups excluding carboxylic acids is 10. The molecule has 0 bridgehead atoms. The Labute approximate surface area is 505 Å². The molecule has 4 aliphatic heterocycles. The Morgan fingerprint density at radius 2 is 0.500 bits per heavy atom. The van der Waals surface area contributed by atoms with Crippen LogP contribution in [0, 0.1) is 0 Å². The summed E-state index contributed by atoms with van der Waals surface area (Å²) >= 11 is 0. The standard InChI is InChI=1S/C58H74N8O16P4/c1-11-55(75)77-41-29-51(79-83-59(33(3)67)43-21-13-14-22-44(43)60(83)34(4)68)57(52(30-41)80-84-61(35(5)69)45-23-15-16-24-46(45)62(84)36(6)70)58-53(81-85-63(37(7)71)47-25-17-18-26-48(47)64(85)38(8)72)31-42(78-56(76)12-2)32-54(58)82-86-65(39(9)73)49-27-19-20-28-50(49)66(86)40(10)74/h11-12,29-32,43-50H,1-2,13-28H2,3-10H3. The van der Waals surface area contributed by atoms with E-state index >= 15 is 0 Å². The molecule has 4 saturated heterocycles. The smallest absolute Gasteiger partial charge is 0.335 e. The Balaban J connectivity index is 1.33. The molecule has 4 aliphatic carbocycles. The third-order valence-electron chi connectivity index (χ3n) is 17.2. The lowest BCUT2D eigenvalue weighted by Gasteiger charge is -2.34. The number of esters is 2. The molecule has 8 atom stereocenters. The van der Waals surface area contributed by atoms with Crippen LogP contribution in [0.1, 0.15) is 158 Å². The van der Waals surface area contributed by atoms with Gasteiger partial charge in [-0.1, -0.05) is 64.5 Å². The van der Waals surface area contributed by atoms with Gasteiger partial charge in [-0.3, -0.25) is 75.7 Å². The molecule has 2 aromatic rings. The molecule has 8 amide bonds. The van der Waals surface area contributed by atoms with E-state index in [0.29, 0.717) is 51.4 Å². The number of benzene rings is 2. The molecule has 4 heterocycles. The molecule has 0 N–H and O–H groups in total. The molecule has 462 valence electrons. The van der Waals surface area contributed by atoms with Crippen LogP contribution in [0.15, 0.2) is 49.6 Å². The van der Waals surface area contributed by atoms with Gasteiger partial charge in [0.25, 0.3) is 0 Å². The lowest BCUT2D eigenvalue weighted by molar-refractivity contribution is -0.129. The van der Waals surface area contributed by atoms with Crippen molar-refractivity contribution in [2.45, 2.75) is 206 Å². The van der Waals surface area contributed by atoms with Crippen LogP contribution < -0.4 is 27.6 Å². The zero-order valence-corrected chi connectivity index (χ0v) is 53.3. The molecule has 8 aliphatic rings. The first-order valence-electron chi connectivity index (χ1n) is 29.4. The van der Waals surface area contributed by atoms with Crippen LogP contribution in [0.3, 0.4) is 0 Å². The SMILES string of the molecule is C=CC(=O)Oc1cc(OP2N(C(C)=O)C3CCCCC3N2C(C)=O)c(-c2c(OP3N(C(C)=O)C4CCCCC4N3C(C)=O)cc(OC(=O)C=C)cc2OP2N(C(C)=O)C3CCCCC3N2C(C)=O)c(OP2N(C(C)=O)C3CCCCC3N2C(C)=O)c1. The fourth-order valence-electron chi connectivity index (χ4n) is 14.0. The first kappa shape index (κ1) is 62.6. The molecular formula is C58H74N8O16P4. The number of ether oxygens (including phenoxy) is 2. The summed E-state index contributed by atoms with van der Waals surface area (Å²) in [6.45, 7) is 18.3. The topological polar surface area (TPSA) is 252 Å². The van der Waals surface area contributed by atoms with Gasteiger partial charge in [-0.15, -0.1) is 0 Å². The summed E-state index contributed by atoms with van der Waals surface area (Å²) in [6, 6.07) is 1.59. The van der Waals surface area contributed by atoms with Crippen LogP contribution in [0.4, 0.5) is 0 Å². The van der Waals surface area contributed by atoms with Crippen LogP contribution in [-0.2, 0) is 47.9 Å². The van der Waals surface area contributed by atoms with Gasteiger partial charge >= 0.3 is 45.7 Å². The molecule has 2 aromatic carbocycles. The highest BCUT2D eigenvalue weighted by Crippen LogP contribution is 2.68. The van der Waals surface area contributed by atoms with Crippen molar-refractivity contribution in [3.05, 3.63) is 49.6 Å². The van der Waals surface area contributed by atoms with Crippen molar-refractivity contribution in [1.82, 2.24) is 37.4 Å². The Hall–Kier alpha value is -6.46. The maximum atomic E-state index is 14.2. The number of rotatable bonds is 13. The summed E-state index contributed by atoms with van der Waals surface area (Å²) < 4.78 is 53.6. The van der Waals surface area contributed by atoms with Crippen LogP contribution >= 0.6 is 33.8 Å². The maximum absolute atomic E-state index is 14.2. The molecule has 86 heavy (non-hydrogen) atoms. The van der Waals surface area contributed by atoms with E-state index in [1.807, 2.05) is 0 Å². The minimum Gasteiger partial charge on any atom is -0.435 e. The Morgan fingerprint density at radius 3 is 0.640 bits per heavy atom. The minimum atomic E-state index is -2.48. The second-order valence-electron chi connectivity index (χ2n) is 22.8. The second kappa shape index (κ2) is 25.7. The number of fused-ring (bicyclic) bond motifs is 4. The Bertz CT molecular complexity index is 2660. The molecule has 0 spiro atoms. The van der Waals surface area contributed by atoms with Gasteiger partial charge in [0.15, 0.2) is 0 Å². The van der Waals surface area contributed by atoms with E-state index in [0.717, 1.165) is 63.5 Å². The summed E-state index contributed by atoms with van der Waals surface area (Å²) in [5.41, 5.74) is -0.260. The lowest BCUT2D eigenvalue weighted by Crippen LogP contribution is -2.42. The van der Waals surface area contributed by atoms with E-state index in [1.165, 1.54) is 79.7 Å². The van der Waals surface area contributed by atoms with Crippen molar-refractivity contribution in [2.75, 3.05) is 0 Å². The highest BCUT2D eigenvalue weighted by atomic mass is 31.2. The van der Waals surface area contributed by atoms with Gasteiger partial charge < -0.3 is 27.6 Å². The highest BCUT2D eigenvalue weighted by Gasteiger charge is 2.58. The van der Waals surface area contributed by atoms with Crippen molar-refractivity contribution in [3.63, 3.8) is 0 Å². The maximum Gasteiger partial charge on any atom is 0.335 e. The number of nitrogens with zero attached hydrogens (tertiary/aromatic N) is 8. The second-order valence-corrected chi connectivity index (χ2v) is 29.0. The van der Waals surface area contributed by atoms with Gasteiger partial charge in [-0.25, -0.2) is 9.59 Å². The lowest BCUT2D eigenvalue weighted by atomic mass is 9.90. The molecule has 8 unspecified atom stereocenters. The summed E-state index contributed by atoms with van der Waals surface area (Å²) in [5, 5.41) is 0. The average molecular weight is 1260 g/mol. The van der Waals surface area contributed by atoms with Crippen molar-refractivity contribution in [2.24, 2.45) is 0 Å². The van der Waals surface area contributed by atoms with Crippen molar-refractivity contribution in [1.29, 1.82) is 0 Å². The van der Waals surface area contributed by atoms with Crippen molar-refractivity contribution in [3.8, 4) is 45.6 Å². The quantitative estimate of drug-likeness (QED) is 0.0782. The third kappa shape index (κ3) is 11.6.